The number of carbonyl (C=O) groups excluding carboxylic acids is 2. The fourth-order valence-corrected chi connectivity index (χ4v) is 5.51. The summed E-state index contributed by atoms with van der Waals surface area (Å²) in [7, 11) is 0. The van der Waals surface area contributed by atoms with Gasteiger partial charge >= 0.3 is 6.09 Å². The van der Waals surface area contributed by atoms with Crippen LogP contribution in [-0.4, -0.2) is 60.6 Å². The number of likely N-dealkylation sites (tertiary alicyclic amines) is 2. The lowest BCUT2D eigenvalue weighted by atomic mass is 9.88. The maximum Gasteiger partial charge on any atom is 0.409 e. The van der Waals surface area contributed by atoms with Crippen molar-refractivity contribution in [2.75, 3.05) is 38.1 Å². The van der Waals surface area contributed by atoms with E-state index < -0.39 is 0 Å². The number of aryl methyl sites for hydroxylation is 2. The summed E-state index contributed by atoms with van der Waals surface area (Å²) >= 11 is 0. The molecule has 1 N–H and O–H groups in total. The van der Waals surface area contributed by atoms with Crippen LogP contribution >= 0.6 is 0 Å². The Morgan fingerprint density at radius 2 is 1.70 bits per heavy atom. The van der Waals surface area contributed by atoms with Crippen LogP contribution in [0.4, 0.5) is 10.5 Å². The lowest BCUT2D eigenvalue weighted by molar-refractivity contribution is -0.118. The van der Waals surface area contributed by atoms with Crippen molar-refractivity contribution in [3.8, 4) is 0 Å². The van der Waals surface area contributed by atoms with Crippen molar-refractivity contribution in [3.63, 3.8) is 0 Å². The van der Waals surface area contributed by atoms with Gasteiger partial charge in [0.2, 0.25) is 5.91 Å². The Hall–Kier alpha value is -2.08. The summed E-state index contributed by atoms with van der Waals surface area (Å²) in [6.45, 7) is 10.1. The highest BCUT2D eigenvalue weighted by atomic mass is 16.6. The minimum absolute atomic E-state index is 0.158. The van der Waals surface area contributed by atoms with Gasteiger partial charge < -0.3 is 19.9 Å². The van der Waals surface area contributed by atoms with Crippen molar-refractivity contribution in [2.24, 2.45) is 11.3 Å². The van der Waals surface area contributed by atoms with Crippen LogP contribution in [0.3, 0.4) is 0 Å². The summed E-state index contributed by atoms with van der Waals surface area (Å²) in [6.07, 6.45) is 5.10. The summed E-state index contributed by atoms with van der Waals surface area (Å²) in [6, 6.07) is 6.77. The number of rotatable bonds is 4. The molecule has 0 radical (unpaired) electrons. The van der Waals surface area contributed by atoms with Gasteiger partial charge in [-0.3, -0.25) is 4.79 Å². The van der Waals surface area contributed by atoms with Crippen LogP contribution < -0.4 is 5.32 Å². The van der Waals surface area contributed by atoms with Crippen LogP contribution in [0.25, 0.3) is 0 Å². The van der Waals surface area contributed by atoms with E-state index in [1.54, 1.807) is 0 Å². The highest BCUT2D eigenvalue weighted by Crippen LogP contribution is 2.60. The number of amides is 2. The number of hydrogen-bond acceptors (Lipinski definition) is 4. The lowest BCUT2D eigenvalue weighted by Crippen LogP contribution is -2.49. The van der Waals surface area contributed by atoms with Gasteiger partial charge in [-0.25, -0.2) is 4.79 Å². The standard InChI is InChI=1S/C24H35N3O3/c1-4-30-23(29)27-9-5-20(6-10-27)26-11-7-24(8-12-26)16-21(24)22(28)25-19-14-17(2)13-18(3)15-19/h13-15,20-21H,4-12,16H2,1-3H3,(H,25,28). The molecule has 1 saturated carbocycles. The van der Waals surface area contributed by atoms with Gasteiger partial charge in [0.05, 0.1) is 6.61 Å². The number of nitrogens with one attached hydrogen (secondary N) is 1. The van der Waals surface area contributed by atoms with Gasteiger partial charge in [0.15, 0.2) is 0 Å². The predicted octanol–water partition coefficient (Wildman–Crippen LogP) is 3.96. The number of nitrogens with zero attached hydrogens (tertiary/aromatic N) is 2. The van der Waals surface area contributed by atoms with Gasteiger partial charge in [-0.2, -0.15) is 0 Å². The number of carbonyl (C=O) groups is 2. The Morgan fingerprint density at radius 1 is 1.07 bits per heavy atom. The summed E-state index contributed by atoms with van der Waals surface area (Å²) < 4.78 is 5.12. The molecule has 1 aliphatic carbocycles. The number of hydrogen-bond donors (Lipinski definition) is 1. The predicted molar refractivity (Wildman–Crippen MR) is 118 cm³/mol. The zero-order valence-electron chi connectivity index (χ0n) is 18.6. The zero-order valence-corrected chi connectivity index (χ0v) is 18.6. The van der Waals surface area contributed by atoms with E-state index in [1.165, 1.54) is 11.1 Å². The largest absolute Gasteiger partial charge is 0.450 e. The number of ether oxygens (including phenoxy) is 1. The molecule has 6 nitrogen and oxygen atoms in total. The highest BCUT2D eigenvalue weighted by Gasteiger charge is 2.58. The number of anilines is 1. The molecule has 2 saturated heterocycles. The normalized spacial score (nSPS) is 24.0. The number of benzene rings is 1. The Kier molecular flexibility index (Phi) is 6.05. The summed E-state index contributed by atoms with van der Waals surface area (Å²) in [4.78, 5) is 29.1. The summed E-state index contributed by atoms with van der Waals surface area (Å²) in [5.74, 6) is 0.349. The molecule has 30 heavy (non-hydrogen) atoms. The maximum absolute atomic E-state index is 12.8. The van der Waals surface area contributed by atoms with Gasteiger partial charge in [-0.05, 0) is 94.6 Å². The minimum Gasteiger partial charge on any atom is -0.450 e. The molecule has 6 heteroatoms. The van der Waals surface area contributed by atoms with Crippen LogP contribution in [0, 0.1) is 25.2 Å². The second kappa shape index (κ2) is 8.58. The monoisotopic (exact) mass is 413 g/mol. The molecule has 2 aliphatic heterocycles. The highest BCUT2D eigenvalue weighted by molar-refractivity contribution is 5.95. The second-order valence-electron chi connectivity index (χ2n) is 9.44. The van der Waals surface area contributed by atoms with Crippen molar-refractivity contribution in [2.45, 2.75) is 58.9 Å². The molecule has 2 heterocycles. The third kappa shape index (κ3) is 4.48. The second-order valence-corrected chi connectivity index (χ2v) is 9.44. The van der Waals surface area contributed by atoms with E-state index in [-0.39, 0.29) is 23.3 Å². The molecule has 0 bridgehead atoms. The first-order valence-electron chi connectivity index (χ1n) is 11.4. The Morgan fingerprint density at radius 3 is 2.30 bits per heavy atom. The van der Waals surface area contributed by atoms with Gasteiger partial charge in [0.1, 0.15) is 0 Å². The molecule has 1 aromatic rings. The third-order valence-electron chi connectivity index (χ3n) is 7.30. The van der Waals surface area contributed by atoms with Crippen LogP contribution in [0.2, 0.25) is 0 Å². The van der Waals surface area contributed by atoms with E-state index in [0.29, 0.717) is 12.6 Å². The molecule has 3 aliphatic rings. The van der Waals surface area contributed by atoms with Gasteiger partial charge in [-0.15, -0.1) is 0 Å². The molecule has 0 aromatic heterocycles. The topological polar surface area (TPSA) is 61.9 Å². The minimum atomic E-state index is -0.177. The molecule has 1 unspecified atom stereocenters. The van der Waals surface area contributed by atoms with Crippen molar-refractivity contribution < 1.29 is 14.3 Å². The molecule has 3 fully saturated rings. The summed E-state index contributed by atoms with van der Waals surface area (Å²) in [5, 5.41) is 3.16. The van der Waals surface area contributed by atoms with E-state index in [9.17, 15) is 9.59 Å². The van der Waals surface area contributed by atoms with E-state index in [2.05, 4.69) is 30.1 Å². The Labute approximate surface area is 179 Å². The fraction of sp³-hybridized carbons (Fsp3) is 0.667. The van der Waals surface area contributed by atoms with Gasteiger partial charge in [-0.1, -0.05) is 6.07 Å². The molecule has 164 valence electrons. The first-order chi connectivity index (χ1) is 14.4. The molecule has 1 atom stereocenters. The van der Waals surface area contributed by atoms with Crippen molar-refractivity contribution in [1.29, 1.82) is 0 Å². The summed E-state index contributed by atoms with van der Waals surface area (Å²) in [5.41, 5.74) is 3.49. The number of piperidine rings is 2. The molecule has 1 aromatic carbocycles. The molecular formula is C24H35N3O3. The average Bonchev–Trinajstić information content (AvgIpc) is 3.41. The third-order valence-corrected chi connectivity index (χ3v) is 7.30. The Bertz CT molecular complexity index is 773. The van der Waals surface area contributed by atoms with Crippen LogP contribution in [0.5, 0.6) is 0 Å². The SMILES string of the molecule is CCOC(=O)N1CCC(N2CCC3(CC2)CC3C(=O)Nc2cc(C)cc(C)c2)CC1. The van der Waals surface area contributed by atoms with Crippen molar-refractivity contribution >= 4 is 17.7 Å². The van der Waals surface area contributed by atoms with Crippen molar-refractivity contribution in [1.82, 2.24) is 9.80 Å². The van der Waals surface area contributed by atoms with E-state index in [0.717, 1.165) is 64.0 Å². The molecular weight excluding hydrogens is 378 g/mol. The average molecular weight is 414 g/mol. The van der Waals surface area contributed by atoms with E-state index in [4.69, 9.17) is 4.74 Å². The maximum atomic E-state index is 12.8. The first kappa shape index (κ1) is 21.2. The smallest absolute Gasteiger partial charge is 0.409 e. The first-order valence-corrected chi connectivity index (χ1v) is 11.4. The van der Waals surface area contributed by atoms with E-state index >= 15 is 0 Å². The van der Waals surface area contributed by atoms with Gasteiger partial charge in [0.25, 0.3) is 0 Å². The molecule has 4 rings (SSSR count). The molecule has 1 spiro atoms. The van der Waals surface area contributed by atoms with E-state index in [1.807, 2.05) is 24.0 Å². The molecule has 2 amide bonds. The lowest BCUT2D eigenvalue weighted by Gasteiger charge is -2.42. The van der Waals surface area contributed by atoms with Crippen molar-refractivity contribution in [3.05, 3.63) is 29.3 Å². The van der Waals surface area contributed by atoms with Crippen LogP contribution in [0.1, 0.15) is 50.2 Å². The fourth-order valence-electron chi connectivity index (χ4n) is 5.51. The van der Waals surface area contributed by atoms with Crippen LogP contribution in [-0.2, 0) is 9.53 Å². The Balaban J connectivity index is 1.24. The zero-order chi connectivity index (χ0) is 21.3. The van der Waals surface area contributed by atoms with Gasteiger partial charge in [0, 0.05) is 30.7 Å². The quantitative estimate of drug-likeness (QED) is 0.811. The van der Waals surface area contributed by atoms with Crippen LogP contribution in [0.15, 0.2) is 18.2 Å².